The molecular weight excluding hydrogens is 353 g/mol. The molecule has 0 radical (unpaired) electrons. The monoisotopic (exact) mass is 375 g/mol. The number of hydrogen-bond donors (Lipinski definition) is 1. The molecule has 1 N–H and O–H groups in total. The SMILES string of the molecule is CC(=O)N(CCNC(=O)COc1ccc(Cl)cc1Cl)CCN(C)C. The van der Waals surface area contributed by atoms with Crippen LogP contribution in [0.5, 0.6) is 5.75 Å². The van der Waals surface area contributed by atoms with Crippen molar-refractivity contribution in [1.29, 1.82) is 0 Å². The van der Waals surface area contributed by atoms with Gasteiger partial charge < -0.3 is 19.9 Å². The topological polar surface area (TPSA) is 61.9 Å². The van der Waals surface area contributed by atoms with E-state index in [1.807, 2.05) is 19.0 Å². The number of rotatable bonds is 9. The van der Waals surface area contributed by atoms with Gasteiger partial charge in [-0.2, -0.15) is 0 Å². The quantitative estimate of drug-likeness (QED) is 0.715. The van der Waals surface area contributed by atoms with E-state index in [2.05, 4.69) is 5.32 Å². The molecule has 0 unspecified atom stereocenters. The standard InChI is InChI=1S/C16H23Cl2N3O3/c1-12(22)21(9-8-20(2)3)7-6-19-16(23)11-24-15-5-4-13(17)10-14(15)18/h4-5,10H,6-9,11H2,1-3H3,(H,19,23). The summed E-state index contributed by atoms with van der Waals surface area (Å²) in [7, 11) is 3.89. The van der Waals surface area contributed by atoms with Gasteiger partial charge in [-0.1, -0.05) is 23.2 Å². The number of benzene rings is 1. The lowest BCUT2D eigenvalue weighted by molar-refractivity contribution is -0.129. The number of likely N-dealkylation sites (N-methyl/N-ethyl adjacent to an activating group) is 1. The number of nitrogens with zero attached hydrogens (tertiary/aromatic N) is 2. The number of ether oxygens (including phenoxy) is 1. The molecule has 0 aliphatic carbocycles. The molecule has 0 saturated carbocycles. The maximum atomic E-state index is 11.8. The van der Waals surface area contributed by atoms with Crippen molar-refractivity contribution >= 4 is 35.0 Å². The van der Waals surface area contributed by atoms with Gasteiger partial charge in [-0.05, 0) is 32.3 Å². The van der Waals surface area contributed by atoms with E-state index >= 15 is 0 Å². The van der Waals surface area contributed by atoms with Crippen molar-refractivity contribution in [3.05, 3.63) is 28.2 Å². The summed E-state index contributed by atoms with van der Waals surface area (Å²) in [5.41, 5.74) is 0. The fourth-order valence-corrected chi connectivity index (χ4v) is 2.33. The molecule has 0 aliphatic rings. The van der Waals surface area contributed by atoms with Crippen LogP contribution in [0, 0.1) is 0 Å². The Kier molecular flexibility index (Phi) is 8.89. The van der Waals surface area contributed by atoms with Crippen molar-refractivity contribution in [3.8, 4) is 5.75 Å². The van der Waals surface area contributed by atoms with E-state index in [4.69, 9.17) is 27.9 Å². The van der Waals surface area contributed by atoms with Crippen molar-refractivity contribution < 1.29 is 14.3 Å². The lowest BCUT2D eigenvalue weighted by Crippen LogP contribution is -2.41. The molecule has 1 aromatic rings. The fraction of sp³-hybridized carbons (Fsp3) is 0.500. The van der Waals surface area contributed by atoms with Crippen molar-refractivity contribution in [2.24, 2.45) is 0 Å². The third-order valence-corrected chi connectivity index (χ3v) is 3.75. The van der Waals surface area contributed by atoms with Gasteiger partial charge in [0.25, 0.3) is 5.91 Å². The van der Waals surface area contributed by atoms with Crippen LogP contribution in [0.4, 0.5) is 0 Å². The molecule has 1 rings (SSSR count). The van der Waals surface area contributed by atoms with Gasteiger partial charge in [-0.25, -0.2) is 0 Å². The minimum absolute atomic E-state index is 0.0182. The molecule has 134 valence electrons. The van der Waals surface area contributed by atoms with Gasteiger partial charge in [0.15, 0.2) is 6.61 Å². The molecule has 0 spiro atoms. The van der Waals surface area contributed by atoms with Crippen LogP contribution in [0.3, 0.4) is 0 Å². The van der Waals surface area contributed by atoms with Gasteiger partial charge in [0, 0.05) is 38.1 Å². The highest BCUT2D eigenvalue weighted by molar-refractivity contribution is 6.35. The molecule has 8 heteroatoms. The molecule has 0 saturated heterocycles. The minimum atomic E-state index is -0.280. The molecule has 2 amide bonds. The molecule has 24 heavy (non-hydrogen) atoms. The van der Waals surface area contributed by atoms with Gasteiger partial charge in [0.2, 0.25) is 5.91 Å². The van der Waals surface area contributed by atoms with E-state index in [1.165, 1.54) is 6.92 Å². The first-order valence-electron chi connectivity index (χ1n) is 7.54. The van der Waals surface area contributed by atoms with E-state index in [0.717, 1.165) is 6.54 Å². The van der Waals surface area contributed by atoms with Crippen LogP contribution in [0.2, 0.25) is 10.0 Å². The van der Waals surface area contributed by atoms with Crippen LogP contribution in [0.15, 0.2) is 18.2 Å². The van der Waals surface area contributed by atoms with Gasteiger partial charge in [-0.15, -0.1) is 0 Å². The zero-order valence-corrected chi connectivity index (χ0v) is 15.7. The molecule has 0 aromatic heterocycles. The fourth-order valence-electron chi connectivity index (χ4n) is 1.86. The second-order valence-corrected chi connectivity index (χ2v) is 6.37. The van der Waals surface area contributed by atoms with Crippen molar-refractivity contribution in [2.45, 2.75) is 6.92 Å². The molecular formula is C16H23Cl2N3O3. The van der Waals surface area contributed by atoms with Crippen molar-refractivity contribution in [1.82, 2.24) is 15.1 Å². The first-order valence-corrected chi connectivity index (χ1v) is 8.30. The highest BCUT2D eigenvalue weighted by Gasteiger charge is 2.10. The number of halogens is 2. The predicted octanol–water partition coefficient (Wildman–Crippen LogP) is 1.90. The van der Waals surface area contributed by atoms with E-state index < -0.39 is 0 Å². The predicted molar refractivity (Wildman–Crippen MR) is 95.8 cm³/mol. The average molecular weight is 376 g/mol. The summed E-state index contributed by atoms with van der Waals surface area (Å²) in [6, 6.07) is 4.79. The normalized spacial score (nSPS) is 10.6. The van der Waals surface area contributed by atoms with Gasteiger partial charge in [0.05, 0.1) is 5.02 Å². The second kappa shape index (κ2) is 10.4. The molecule has 1 aromatic carbocycles. The Morgan fingerprint density at radius 1 is 1.17 bits per heavy atom. The third-order valence-electron chi connectivity index (χ3n) is 3.22. The third kappa shape index (κ3) is 7.86. The number of carbonyl (C=O) groups is 2. The van der Waals surface area contributed by atoms with Gasteiger partial charge >= 0.3 is 0 Å². The number of amides is 2. The highest BCUT2D eigenvalue weighted by Crippen LogP contribution is 2.27. The lowest BCUT2D eigenvalue weighted by atomic mass is 10.3. The molecule has 0 bridgehead atoms. The molecule has 6 nitrogen and oxygen atoms in total. The molecule has 0 aliphatic heterocycles. The Hall–Kier alpha value is -1.50. The lowest BCUT2D eigenvalue weighted by Gasteiger charge is -2.23. The first-order chi connectivity index (χ1) is 11.3. The number of carbonyl (C=O) groups excluding carboxylic acids is 2. The zero-order valence-electron chi connectivity index (χ0n) is 14.1. The summed E-state index contributed by atoms with van der Waals surface area (Å²) >= 11 is 11.8. The summed E-state index contributed by atoms with van der Waals surface area (Å²) < 4.78 is 5.35. The molecule has 0 atom stereocenters. The summed E-state index contributed by atoms with van der Waals surface area (Å²) in [4.78, 5) is 27.0. The maximum absolute atomic E-state index is 11.8. The van der Waals surface area contributed by atoms with Gasteiger partial charge in [-0.3, -0.25) is 9.59 Å². The Balaban J connectivity index is 2.33. The maximum Gasteiger partial charge on any atom is 0.258 e. The van der Waals surface area contributed by atoms with Crippen LogP contribution < -0.4 is 10.1 Å². The average Bonchev–Trinajstić information content (AvgIpc) is 2.49. The minimum Gasteiger partial charge on any atom is -0.482 e. The summed E-state index contributed by atoms with van der Waals surface area (Å²) in [6.45, 7) is 3.57. The van der Waals surface area contributed by atoms with E-state index in [-0.39, 0.29) is 18.4 Å². The zero-order chi connectivity index (χ0) is 18.1. The molecule has 0 heterocycles. The summed E-state index contributed by atoms with van der Waals surface area (Å²) in [5, 5.41) is 3.56. The first kappa shape index (κ1) is 20.5. The largest absolute Gasteiger partial charge is 0.482 e. The molecule has 0 fully saturated rings. The van der Waals surface area contributed by atoms with Crippen molar-refractivity contribution in [3.63, 3.8) is 0 Å². The van der Waals surface area contributed by atoms with Gasteiger partial charge in [0.1, 0.15) is 5.75 Å². The van der Waals surface area contributed by atoms with Crippen LogP contribution in [-0.2, 0) is 9.59 Å². The Labute approximate surface area is 152 Å². The smallest absolute Gasteiger partial charge is 0.258 e. The Morgan fingerprint density at radius 3 is 2.46 bits per heavy atom. The van der Waals surface area contributed by atoms with Crippen LogP contribution in [-0.4, -0.2) is 68.5 Å². The Morgan fingerprint density at radius 2 is 1.88 bits per heavy atom. The van der Waals surface area contributed by atoms with E-state index in [0.29, 0.717) is 35.4 Å². The Bertz CT molecular complexity index is 567. The number of nitrogens with one attached hydrogen (secondary N) is 1. The second-order valence-electron chi connectivity index (χ2n) is 5.52. The highest BCUT2D eigenvalue weighted by atomic mass is 35.5. The van der Waals surface area contributed by atoms with Crippen LogP contribution in [0.1, 0.15) is 6.92 Å². The van der Waals surface area contributed by atoms with E-state index in [9.17, 15) is 9.59 Å². The van der Waals surface area contributed by atoms with Crippen LogP contribution in [0.25, 0.3) is 0 Å². The van der Waals surface area contributed by atoms with Crippen molar-refractivity contribution in [2.75, 3.05) is 46.9 Å². The van der Waals surface area contributed by atoms with E-state index in [1.54, 1.807) is 23.1 Å². The number of hydrogen-bond acceptors (Lipinski definition) is 4. The summed E-state index contributed by atoms with van der Waals surface area (Å²) in [6.07, 6.45) is 0. The van der Waals surface area contributed by atoms with Crippen LogP contribution >= 0.6 is 23.2 Å². The summed E-state index contributed by atoms with van der Waals surface area (Å²) in [5.74, 6) is 0.0972.